The summed E-state index contributed by atoms with van der Waals surface area (Å²) in [5.74, 6) is -0.183. The molecule has 2 aromatic rings. The lowest BCUT2D eigenvalue weighted by Gasteiger charge is -2.10. The lowest BCUT2D eigenvalue weighted by molar-refractivity contribution is 0.0992. The molecule has 0 N–H and O–H groups in total. The van der Waals surface area contributed by atoms with Crippen molar-refractivity contribution in [3.05, 3.63) is 64.8 Å². The molecule has 19 heavy (non-hydrogen) atoms. The number of hydrogen-bond donors (Lipinski definition) is 0. The molecule has 0 radical (unpaired) electrons. The molecule has 0 aliphatic heterocycles. The predicted molar refractivity (Wildman–Crippen MR) is 74.5 cm³/mol. The second kappa shape index (κ2) is 4.55. The van der Waals surface area contributed by atoms with Gasteiger partial charge in [0.15, 0.2) is 5.78 Å². The number of aryl methyl sites for hydroxylation is 1. The third-order valence-electron chi connectivity index (χ3n) is 2.92. The zero-order valence-electron chi connectivity index (χ0n) is 10.3. The fourth-order valence-corrected chi connectivity index (χ4v) is 2.96. The van der Waals surface area contributed by atoms with Crippen molar-refractivity contribution in [2.75, 3.05) is 0 Å². The van der Waals surface area contributed by atoms with Crippen molar-refractivity contribution in [1.82, 2.24) is 4.57 Å². The molecule has 1 aliphatic rings. The average Bonchev–Trinajstić information content (AvgIpc) is 2.80. The molecule has 0 atom stereocenters. The number of rotatable bonds is 2. The van der Waals surface area contributed by atoms with E-state index in [1.807, 2.05) is 37.4 Å². The van der Waals surface area contributed by atoms with Crippen LogP contribution in [0.5, 0.6) is 0 Å². The van der Waals surface area contributed by atoms with Crippen LogP contribution >= 0.6 is 11.8 Å². The van der Waals surface area contributed by atoms with E-state index in [1.54, 1.807) is 17.0 Å². The second-order valence-electron chi connectivity index (χ2n) is 4.37. The minimum Gasteiger partial charge on any atom is -0.356 e. The molecule has 1 aliphatic carbocycles. The summed E-state index contributed by atoms with van der Waals surface area (Å²) in [4.78, 5) is 25.7. The van der Waals surface area contributed by atoms with Crippen LogP contribution in [0.25, 0.3) is 0 Å². The van der Waals surface area contributed by atoms with Crippen LogP contribution in [0.4, 0.5) is 0 Å². The third-order valence-corrected chi connectivity index (χ3v) is 3.95. The zero-order chi connectivity index (χ0) is 13.4. The third kappa shape index (κ3) is 2.15. The molecule has 0 unspecified atom stereocenters. The first kappa shape index (κ1) is 12.0. The van der Waals surface area contributed by atoms with E-state index in [2.05, 4.69) is 0 Å². The lowest BCUT2D eigenvalue weighted by atomic mass is 10.00. The quantitative estimate of drug-likeness (QED) is 0.841. The minimum atomic E-state index is -0.103. The van der Waals surface area contributed by atoms with Gasteiger partial charge in [-0.3, -0.25) is 9.59 Å². The van der Waals surface area contributed by atoms with E-state index in [9.17, 15) is 9.59 Å². The summed E-state index contributed by atoms with van der Waals surface area (Å²) in [6, 6.07) is 9.58. The molecule has 3 nitrogen and oxygen atoms in total. The Morgan fingerprint density at radius 2 is 1.68 bits per heavy atom. The summed E-state index contributed by atoms with van der Waals surface area (Å²) in [7, 11) is 1.81. The van der Waals surface area contributed by atoms with Crippen molar-refractivity contribution in [3.8, 4) is 0 Å². The van der Waals surface area contributed by atoms with Gasteiger partial charge in [-0.15, -0.1) is 0 Å². The SMILES string of the molecule is Cn1cc2c(c1)C(=O)C(Sc1ccccc1)=CC2=O. The van der Waals surface area contributed by atoms with Crippen molar-refractivity contribution in [2.45, 2.75) is 4.90 Å². The largest absolute Gasteiger partial charge is 0.356 e. The summed E-state index contributed by atoms with van der Waals surface area (Å²) < 4.78 is 1.74. The molecule has 94 valence electrons. The highest BCUT2D eigenvalue weighted by Gasteiger charge is 2.27. The Labute approximate surface area is 114 Å². The Morgan fingerprint density at radius 3 is 2.42 bits per heavy atom. The normalized spacial score (nSPS) is 14.3. The number of benzene rings is 1. The van der Waals surface area contributed by atoms with Gasteiger partial charge in [0.25, 0.3) is 0 Å². The van der Waals surface area contributed by atoms with Gasteiger partial charge in [0.05, 0.1) is 16.0 Å². The molecule has 1 heterocycles. The number of carbonyl (C=O) groups is 2. The number of fused-ring (bicyclic) bond motifs is 1. The molecular weight excluding hydrogens is 258 g/mol. The van der Waals surface area contributed by atoms with Gasteiger partial charge in [0.2, 0.25) is 5.78 Å². The Balaban J connectivity index is 1.96. The number of allylic oxidation sites excluding steroid dienone is 2. The van der Waals surface area contributed by atoms with Gasteiger partial charge in [0, 0.05) is 30.4 Å². The van der Waals surface area contributed by atoms with Crippen LogP contribution in [0.2, 0.25) is 0 Å². The Bertz CT molecular complexity index is 698. The highest BCUT2D eigenvalue weighted by molar-refractivity contribution is 8.04. The van der Waals surface area contributed by atoms with E-state index in [4.69, 9.17) is 0 Å². The topological polar surface area (TPSA) is 39.1 Å². The Kier molecular flexibility index (Phi) is 2.87. The van der Waals surface area contributed by atoms with Crippen molar-refractivity contribution in [1.29, 1.82) is 0 Å². The first-order chi connectivity index (χ1) is 9.15. The van der Waals surface area contributed by atoms with E-state index in [-0.39, 0.29) is 11.6 Å². The fraction of sp³-hybridized carbons (Fsp3) is 0.0667. The van der Waals surface area contributed by atoms with Crippen molar-refractivity contribution < 1.29 is 9.59 Å². The molecule has 0 bridgehead atoms. The highest BCUT2D eigenvalue weighted by atomic mass is 32.2. The van der Waals surface area contributed by atoms with Crippen LogP contribution in [0.1, 0.15) is 20.7 Å². The van der Waals surface area contributed by atoms with Crippen molar-refractivity contribution in [2.24, 2.45) is 7.05 Å². The van der Waals surface area contributed by atoms with Crippen LogP contribution in [-0.4, -0.2) is 16.1 Å². The Hall–Kier alpha value is -2.07. The standard InChI is InChI=1S/C15H11NO2S/c1-16-8-11-12(9-16)15(18)14(7-13(11)17)19-10-5-3-2-4-6-10/h2-9H,1H3. The summed E-state index contributed by atoms with van der Waals surface area (Å²) in [6.07, 6.45) is 4.83. The summed E-state index contributed by atoms with van der Waals surface area (Å²) in [6.45, 7) is 0. The summed E-state index contributed by atoms with van der Waals surface area (Å²) in [5, 5.41) is 0. The smallest absolute Gasteiger partial charge is 0.202 e. The number of hydrogen-bond acceptors (Lipinski definition) is 3. The van der Waals surface area contributed by atoms with Gasteiger partial charge in [-0.05, 0) is 12.1 Å². The average molecular weight is 269 g/mol. The summed E-state index contributed by atoms with van der Waals surface area (Å²) >= 11 is 1.33. The van der Waals surface area contributed by atoms with E-state index < -0.39 is 0 Å². The van der Waals surface area contributed by atoms with Gasteiger partial charge in [-0.25, -0.2) is 0 Å². The maximum atomic E-state index is 12.3. The van der Waals surface area contributed by atoms with Gasteiger partial charge in [0.1, 0.15) is 0 Å². The molecule has 3 rings (SSSR count). The molecule has 0 saturated heterocycles. The van der Waals surface area contributed by atoms with Crippen molar-refractivity contribution in [3.63, 3.8) is 0 Å². The Morgan fingerprint density at radius 1 is 1.00 bits per heavy atom. The maximum Gasteiger partial charge on any atom is 0.202 e. The molecule has 0 saturated carbocycles. The molecular formula is C15H11NO2S. The number of carbonyl (C=O) groups excluding carboxylic acids is 2. The van der Waals surface area contributed by atoms with Gasteiger partial charge in [-0.2, -0.15) is 0 Å². The number of Topliss-reactive ketones (excluding diaryl/α,β-unsaturated/α-hetero) is 1. The van der Waals surface area contributed by atoms with Gasteiger partial charge in [-0.1, -0.05) is 30.0 Å². The molecule has 4 heteroatoms. The second-order valence-corrected chi connectivity index (χ2v) is 5.48. The lowest BCUT2D eigenvalue weighted by Crippen LogP contribution is -2.13. The van der Waals surface area contributed by atoms with E-state index in [1.165, 1.54) is 17.8 Å². The van der Waals surface area contributed by atoms with E-state index in [0.29, 0.717) is 16.0 Å². The fourth-order valence-electron chi connectivity index (χ4n) is 2.05. The zero-order valence-corrected chi connectivity index (χ0v) is 11.1. The number of thioether (sulfide) groups is 1. The van der Waals surface area contributed by atoms with E-state index >= 15 is 0 Å². The van der Waals surface area contributed by atoms with Crippen molar-refractivity contribution >= 4 is 23.3 Å². The molecule has 0 fully saturated rings. The van der Waals surface area contributed by atoms with Crippen LogP contribution in [-0.2, 0) is 7.05 Å². The van der Waals surface area contributed by atoms with Crippen LogP contribution in [0.3, 0.4) is 0 Å². The molecule has 1 aromatic carbocycles. The van der Waals surface area contributed by atoms with E-state index in [0.717, 1.165) is 4.90 Å². The van der Waals surface area contributed by atoms with Gasteiger partial charge >= 0.3 is 0 Å². The minimum absolute atomic E-state index is 0.0796. The maximum absolute atomic E-state index is 12.3. The molecule has 0 amide bonds. The highest BCUT2D eigenvalue weighted by Crippen LogP contribution is 2.33. The molecule has 1 aromatic heterocycles. The monoisotopic (exact) mass is 269 g/mol. The first-order valence-corrected chi connectivity index (χ1v) is 6.66. The molecule has 0 spiro atoms. The predicted octanol–water partition coefficient (Wildman–Crippen LogP) is 3.08. The number of ketones is 2. The number of nitrogens with zero attached hydrogens (tertiary/aromatic N) is 1. The van der Waals surface area contributed by atoms with Crippen LogP contribution < -0.4 is 0 Å². The summed E-state index contributed by atoms with van der Waals surface area (Å²) in [5.41, 5.74) is 0.985. The van der Waals surface area contributed by atoms with Gasteiger partial charge < -0.3 is 4.57 Å². The first-order valence-electron chi connectivity index (χ1n) is 5.85. The van der Waals surface area contributed by atoms with Crippen LogP contribution in [0, 0.1) is 0 Å². The number of aromatic nitrogens is 1. The van der Waals surface area contributed by atoms with Crippen LogP contribution in [0.15, 0.2) is 58.6 Å².